The number of ether oxygens (including phenoxy) is 2. The summed E-state index contributed by atoms with van der Waals surface area (Å²) in [4.78, 5) is 11.0. The van der Waals surface area contributed by atoms with Gasteiger partial charge in [0.05, 0.1) is 12.9 Å². The van der Waals surface area contributed by atoms with Crippen LogP contribution in [0, 0.1) is 0 Å². The number of thioether (sulfide) groups is 1. The molecule has 0 aliphatic carbocycles. The molecular formula is C16H20N4O3S. The van der Waals surface area contributed by atoms with Gasteiger partial charge in [0.2, 0.25) is 5.91 Å². The maximum absolute atomic E-state index is 11.0. The van der Waals surface area contributed by atoms with Crippen LogP contribution in [0.15, 0.2) is 42.1 Å². The lowest BCUT2D eigenvalue weighted by Gasteiger charge is -2.17. The number of nitrogens with two attached hydrogens (primary N) is 1. The second-order valence-corrected chi connectivity index (χ2v) is 5.85. The van der Waals surface area contributed by atoms with E-state index in [1.807, 2.05) is 35.8 Å². The quantitative estimate of drug-likeness (QED) is 0.552. The molecule has 0 saturated heterocycles. The summed E-state index contributed by atoms with van der Waals surface area (Å²) < 4.78 is 13.1. The first-order valence-electron chi connectivity index (χ1n) is 7.31. The van der Waals surface area contributed by atoms with Crippen molar-refractivity contribution in [3.8, 4) is 11.5 Å². The van der Waals surface area contributed by atoms with Crippen molar-refractivity contribution in [3.05, 3.63) is 42.7 Å². The second kappa shape index (κ2) is 8.39. The Bertz CT molecular complexity index is 717. The number of rotatable bonds is 9. The van der Waals surface area contributed by atoms with Gasteiger partial charge in [-0.25, -0.2) is 0 Å². The van der Waals surface area contributed by atoms with Crippen LogP contribution in [0.2, 0.25) is 0 Å². The Morgan fingerprint density at radius 3 is 2.75 bits per heavy atom. The predicted octanol–water partition coefficient (Wildman–Crippen LogP) is 2.19. The van der Waals surface area contributed by atoms with E-state index in [4.69, 9.17) is 15.2 Å². The average molecular weight is 348 g/mol. The molecule has 1 unspecified atom stereocenters. The lowest BCUT2D eigenvalue weighted by Crippen LogP contribution is -2.15. The molecule has 8 heteroatoms. The van der Waals surface area contributed by atoms with Crippen molar-refractivity contribution in [2.75, 3.05) is 12.9 Å². The Morgan fingerprint density at radius 2 is 2.12 bits per heavy atom. The van der Waals surface area contributed by atoms with Crippen LogP contribution in [0.4, 0.5) is 0 Å². The van der Waals surface area contributed by atoms with Gasteiger partial charge in [0.25, 0.3) is 0 Å². The lowest BCUT2D eigenvalue weighted by atomic mass is 10.3. The summed E-state index contributed by atoms with van der Waals surface area (Å²) in [5.74, 6) is 1.62. The highest BCUT2D eigenvalue weighted by Crippen LogP contribution is 2.31. The number of carbonyl (C=O) groups excluding carboxylic acids is 1. The van der Waals surface area contributed by atoms with E-state index in [0.29, 0.717) is 29.0 Å². The van der Waals surface area contributed by atoms with Crippen LogP contribution in [-0.4, -0.2) is 33.5 Å². The minimum atomic E-state index is -0.409. The second-order valence-electron chi connectivity index (χ2n) is 4.91. The fourth-order valence-electron chi connectivity index (χ4n) is 2.10. The van der Waals surface area contributed by atoms with E-state index in [1.165, 1.54) is 11.8 Å². The van der Waals surface area contributed by atoms with Crippen molar-refractivity contribution in [2.45, 2.75) is 24.7 Å². The van der Waals surface area contributed by atoms with Crippen molar-refractivity contribution in [1.82, 2.24) is 14.8 Å². The third-order valence-electron chi connectivity index (χ3n) is 3.14. The van der Waals surface area contributed by atoms with Gasteiger partial charge in [-0.3, -0.25) is 9.36 Å². The third kappa shape index (κ3) is 4.29. The zero-order chi connectivity index (χ0) is 17.5. The smallest absolute Gasteiger partial charge is 0.227 e. The fraction of sp³-hybridized carbons (Fsp3) is 0.312. The standard InChI is InChI=1S/C16H20N4O3S/c1-4-9-20-15(18-19-16(20)24-10-14(17)21)11(2)23-13-8-6-5-7-12(13)22-3/h4-8,11H,1,9-10H2,2-3H3,(H2,17,21). The molecule has 1 amide bonds. The molecule has 0 aliphatic rings. The molecule has 1 aromatic carbocycles. The number of nitrogens with zero attached hydrogens (tertiary/aromatic N) is 3. The molecule has 1 atom stereocenters. The number of aromatic nitrogens is 3. The highest BCUT2D eigenvalue weighted by atomic mass is 32.2. The van der Waals surface area contributed by atoms with E-state index >= 15 is 0 Å². The fourth-order valence-corrected chi connectivity index (χ4v) is 2.80. The number of hydrogen-bond acceptors (Lipinski definition) is 6. The molecule has 0 saturated carbocycles. The maximum atomic E-state index is 11.0. The third-order valence-corrected chi connectivity index (χ3v) is 4.13. The molecule has 0 radical (unpaired) electrons. The Hall–Kier alpha value is -2.48. The monoisotopic (exact) mass is 348 g/mol. The molecule has 2 aromatic rings. The van der Waals surface area contributed by atoms with Crippen molar-refractivity contribution in [2.24, 2.45) is 5.73 Å². The molecule has 24 heavy (non-hydrogen) atoms. The molecule has 0 aliphatic heterocycles. The minimum Gasteiger partial charge on any atom is -0.493 e. The molecule has 0 bridgehead atoms. The van der Waals surface area contributed by atoms with Gasteiger partial charge in [0.15, 0.2) is 28.6 Å². The molecule has 1 aromatic heterocycles. The van der Waals surface area contributed by atoms with Gasteiger partial charge >= 0.3 is 0 Å². The van der Waals surface area contributed by atoms with E-state index in [1.54, 1.807) is 13.2 Å². The number of methoxy groups -OCH3 is 1. The van der Waals surface area contributed by atoms with Crippen molar-refractivity contribution >= 4 is 17.7 Å². The van der Waals surface area contributed by atoms with Gasteiger partial charge in [0.1, 0.15) is 0 Å². The summed E-state index contributed by atoms with van der Waals surface area (Å²) in [6.07, 6.45) is 1.37. The van der Waals surface area contributed by atoms with Gasteiger partial charge in [-0.15, -0.1) is 16.8 Å². The first kappa shape index (κ1) is 17.9. The summed E-state index contributed by atoms with van der Waals surface area (Å²) in [5.41, 5.74) is 5.19. The van der Waals surface area contributed by atoms with Gasteiger partial charge in [-0.2, -0.15) is 0 Å². The van der Waals surface area contributed by atoms with Crippen LogP contribution >= 0.6 is 11.8 Å². The SMILES string of the molecule is C=CCn1c(SCC(N)=O)nnc1C(C)Oc1ccccc1OC. The summed E-state index contributed by atoms with van der Waals surface area (Å²) in [5, 5.41) is 8.91. The predicted molar refractivity (Wildman–Crippen MR) is 92.2 cm³/mol. The van der Waals surface area contributed by atoms with Crippen LogP contribution in [0.3, 0.4) is 0 Å². The summed E-state index contributed by atoms with van der Waals surface area (Å²) in [6.45, 7) is 6.12. The van der Waals surface area contributed by atoms with Gasteiger partial charge in [-0.1, -0.05) is 30.0 Å². The van der Waals surface area contributed by atoms with Crippen LogP contribution in [0.25, 0.3) is 0 Å². The van der Waals surface area contributed by atoms with Crippen LogP contribution in [0.5, 0.6) is 11.5 Å². The van der Waals surface area contributed by atoms with E-state index in [9.17, 15) is 4.79 Å². The van der Waals surface area contributed by atoms with Crippen LogP contribution < -0.4 is 15.2 Å². The van der Waals surface area contributed by atoms with Gasteiger partial charge in [0, 0.05) is 6.54 Å². The Labute approximate surface area is 144 Å². The van der Waals surface area contributed by atoms with E-state index < -0.39 is 5.91 Å². The first-order chi connectivity index (χ1) is 11.6. The Balaban J connectivity index is 2.23. The Morgan fingerprint density at radius 1 is 1.42 bits per heavy atom. The molecular weight excluding hydrogens is 328 g/mol. The van der Waals surface area contributed by atoms with Gasteiger partial charge in [-0.05, 0) is 19.1 Å². The highest BCUT2D eigenvalue weighted by molar-refractivity contribution is 7.99. The number of carbonyl (C=O) groups is 1. The Kier molecular flexibility index (Phi) is 6.25. The zero-order valence-electron chi connectivity index (χ0n) is 13.6. The highest BCUT2D eigenvalue weighted by Gasteiger charge is 2.20. The van der Waals surface area contributed by atoms with Crippen molar-refractivity contribution in [1.29, 1.82) is 0 Å². The largest absolute Gasteiger partial charge is 0.493 e. The van der Waals surface area contributed by atoms with E-state index in [2.05, 4.69) is 16.8 Å². The van der Waals surface area contributed by atoms with Crippen LogP contribution in [-0.2, 0) is 11.3 Å². The van der Waals surface area contributed by atoms with Crippen molar-refractivity contribution in [3.63, 3.8) is 0 Å². The van der Waals surface area contributed by atoms with Crippen LogP contribution in [0.1, 0.15) is 18.9 Å². The number of para-hydroxylation sites is 2. The maximum Gasteiger partial charge on any atom is 0.227 e. The number of allylic oxidation sites excluding steroid dienone is 1. The molecule has 1 heterocycles. The number of primary amides is 1. The topological polar surface area (TPSA) is 92.3 Å². The minimum absolute atomic E-state index is 0.136. The first-order valence-corrected chi connectivity index (χ1v) is 8.30. The number of hydrogen-bond donors (Lipinski definition) is 1. The normalized spacial score (nSPS) is 11.8. The lowest BCUT2D eigenvalue weighted by molar-refractivity contribution is -0.115. The average Bonchev–Trinajstić information content (AvgIpc) is 2.96. The molecule has 128 valence electrons. The molecule has 0 spiro atoms. The molecule has 7 nitrogen and oxygen atoms in total. The molecule has 0 fully saturated rings. The zero-order valence-corrected chi connectivity index (χ0v) is 14.5. The summed E-state index contributed by atoms with van der Waals surface area (Å²) in [6, 6.07) is 7.39. The number of amides is 1. The molecule has 2 N–H and O–H groups in total. The number of benzene rings is 1. The van der Waals surface area contributed by atoms with E-state index in [0.717, 1.165) is 0 Å². The summed E-state index contributed by atoms with van der Waals surface area (Å²) >= 11 is 1.23. The summed E-state index contributed by atoms with van der Waals surface area (Å²) in [7, 11) is 1.59. The van der Waals surface area contributed by atoms with Gasteiger partial charge < -0.3 is 15.2 Å². The van der Waals surface area contributed by atoms with E-state index in [-0.39, 0.29) is 11.9 Å². The van der Waals surface area contributed by atoms with Crippen molar-refractivity contribution < 1.29 is 14.3 Å². The molecule has 2 rings (SSSR count).